The van der Waals surface area contributed by atoms with Gasteiger partial charge in [-0.2, -0.15) is 5.26 Å². The van der Waals surface area contributed by atoms with Gasteiger partial charge in [-0.25, -0.2) is 0 Å². The molecule has 0 saturated heterocycles. The molecule has 0 amide bonds. The predicted octanol–water partition coefficient (Wildman–Crippen LogP) is 2.75. The van der Waals surface area contributed by atoms with E-state index in [4.69, 9.17) is 9.47 Å². The van der Waals surface area contributed by atoms with E-state index in [1.807, 2.05) is 31.3 Å². The maximum Gasteiger partial charge on any atom is 0.161 e. The van der Waals surface area contributed by atoms with Crippen molar-refractivity contribution in [2.45, 2.75) is 31.2 Å². The van der Waals surface area contributed by atoms with Crippen molar-refractivity contribution < 1.29 is 9.47 Å². The Kier molecular flexibility index (Phi) is 4.86. The van der Waals surface area contributed by atoms with E-state index >= 15 is 0 Å². The molecule has 0 heterocycles. The molecule has 0 aliphatic heterocycles. The van der Waals surface area contributed by atoms with Crippen molar-refractivity contribution in [3.63, 3.8) is 0 Å². The summed E-state index contributed by atoms with van der Waals surface area (Å²) in [6.07, 6.45) is 4.00. The Balaban J connectivity index is 1.91. The van der Waals surface area contributed by atoms with Gasteiger partial charge in [-0.3, -0.25) is 0 Å². The van der Waals surface area contributed by atoms with Crippen LogP contribution >= 0.6 is 0 Å². The highest BCUT2D eigenvalue weighted by atomic mass is 16.5. The van der Waals surface area contributed by atoms with Crippen LogP contribution in [0.15, 0.2) is 24.3 Å². The first-order valence-electron chi connectivity index (χ1n) is 7.11. The topological polar surface area (TPSA) is 54.3 Å². The average Bonchev–Trinajstić information content (AvgIpc) is 2.91. The lowest BCUT2D eigenvalue weighted by atomic mass is 9.86. The third kappa shape index (κ3) is 2.88. The molecule has 1 aromatic carbocycles. The van der Waals surface area contributed by atoms with E-state index in [0.29, 0.717) is 12.5 Å². The average molecular weight is 274 g/mol. The second-order valence-electron chi connectivity index (χ2n) is 5.21. The molecule has 0 bridgehead atoms. The van der Waals surface area contributed by atoms with E-state index in [1.54, 1.807) is 7.11 Å². The standard InChI is InChI=1S/C16H22N2O2/c1-18-16(12-17)10-5-6-13(16)9-11-20-15-8-4-3-7-14(15)19-2/h3-4,7-8,13,18H,5-6,9-11H2,1-2H3. The van der Waals surface area contributed by atoms with Gasteiger partial charge in [0.25, 0.3) is 0 Å². The number of nitriles is 1. The van der Waals surface area contributed by atoms with Crippen molar-refractivity contribution in [3.05, 3.63) is 24.3 Å². The van der Waals surface area contributed by atoms with Gasteiger partial charge in [-0.05, 0) is 44.4 Å². The number of hydrogen-bond acceptors (Lipinski definition) is 4. The van der Waals surface area contributed by atoms with Crippen molar-refractivity contribution in [2.75, 3.05) is 20.8 Å². The molecule has 1 aliphatic rings. The molecule has 0 spiro atoms. The summed E-state index contributed by atoms with van der Waals surface area (Å²) in [5.41, 5.74) is -0.371. The highest BCUT2D eigenvalue weighted by Crippen LogP contribution is 2.37. The largest absolute Gasteiger partial charge is 0.493 e. The molecule has 4 nitrogen and oxygen atoms in total. The minimum atomic E-state index is -0.371. The summed E-state index contributed by atoms with van der Waals surface area (Å²) in [6.45, 7) is 0.607. The molecule has 1 aliphatic carbocycles. The zero-order valence-corrected chi connectivity index (χ0v) is 12.2. The Hall–Kier alpha value is -1.73. The van der Waals surface area contributed by atoms with Crippen molar-refractivity contribution in [1.82, 2.24) is 5.32 Å². The monoisotopic (exact) mass is 274 g/mol. The summed E-state index contributed by atoms with van der Waals surface area (Å²) in [6, 6.07) is 10.1. The Morgan fingerprint density at radius 2 is 2.15 bits per heavy atom. The van der Waals surface area contributed by atoms with E-state index in [9.17, 15) is 5.26 Å². The summed E-state index contributed by atoms with van der Waals surface area (Å²) in [7, 11) is 3.52. The van der Waals surface area contributed by atoms with Gasteiger partial charge in [0.2, 0.25) is 0 Å². The molecule has 4 heteroatoms. The minimum Gasteiger partial charge on any atom is -0.493 e. The quantitative estimate of drug-likeness (QED) is 0.866. The number of nitrogens with zero attached hydrogens (tertiary/aromatic N) is 1. The summed E-state index contributed by atoms with van der Waals surface area (Å²) < 4.78 is 11.1. The van der Waals surface area contributed by atoms with Crippen molar-refractivity contribution in [2.24, 2.45) is 5.92 Å². The third-order valence-corrected chi connectivity index (χ3v) is 4.26. The van der Waals surface area contributed by atoms with E-state index in [2.05, 4.69) is 11.4 Å². The number of para-hydroxylation sites is 2. The van der Waals surface area contributed by atoms with Crippen molar-refractivity contribution in [1.29, 1.82) is 5.26 Å². The maximum atomic E-state index is 9.41. The summed E-state index contributed by atoms with van der Waals surface area (Å²) in [4.78, 5) is 0. The van der Waals surface area contributed by atoms with Crippen LogP contribution in [0.3, 0.4) is 0 Å². The number of nitrogens with one attached hydrogen (secondary N) is 1. The van der Waals surface area contributed by atoms with Gasteiger partial charge in [0.1, 0.15) is 5.54 Å². The molecule has 1 fully saturated rings. The van der Waals surface area contributed by atoms with Crippen molar-refractivity contribution >= 4 is 0 Å². The summed E-state index contributed by atoms with van der Waals surface area (Å²) >= 11 is 0. The zero-order chi connectivity index (χ0) is 14.4. The Bertz CT molecular complexity index is 484. The van der Waals surface area contributed by atoms with Gasteiger partial charge in [0, 0.05) is 0 Å². The minimum absolute atomic E-state index is 0.354. The Morgan fingerprint density at radius 1 is 1.40 bits per heavy atom. The summed E-state index contributed by atoms with van der Waals surface area (Å²) in [5, 5.41) is 12.6. The number of rotatable bonds is 6. The van der Waals surface area contributed by atoms with E-state index in [-0.39, 0.29) is 5.54 Å². The molecule has 0 aromatic heterocycles. The van der Waals surface area contributed by atoms with Crippen LogP contribution < -0.4 is 14.8 Å². The summed E-state index contributed by atoms with van der Waals surface area (Å²) in [5.74, 6) is 1.87. The molecule has 2 rings (SSSR count). The highest BCUT2D eigenvalue weighted by molar-refractivity contribution is 5.39. The first kappa shape index (κ1) is 14.7. The molecule has 1 saturated carbocycles. The first-order chi connectivity index (χ1) is 9.75. The zero-order valence-electron chi connectivity index (χ0n) is 12.2. The molecule has 0 radical (unpaired) electrons. The van der Waals surface area contributed by atoms with E-state index in [1.165, 1.54) is 0 Å². The van der Waals surface area contributed by atoms with E-state index in [0.717, 1.165) is 37.2 Å². The van der Waals surface area contributed by atoms with Gasteiger partial charge in [-0.15, -0.1) is 0 Å². The molecule has 108 valence electrons. The molecular formula is C16H22N2O2. The number of ether oxygens (including phenoxy) is 2. The first-order valence-corrected chi connectivity index (χ1v) is 7.11. The second-order valence-corrected chi connectivity index (χ2v) is 5.21. The van der Waals surface area contributed by atoms with Gasteiger partial charge in [0.05, 0.1) is 19.8 Å². The van der Waals surface area contributed by atoms with Crippen LogP contribution in [0.5, 0.6) is 11.5 Å². The highest BCUT2D eigenvalue weighted by Gasteiger charge is 2.41. The fraction of sp³-hybridized carbons (Fsp3) is 0.562. The van der Waals surface area contributed by atoms with E-state index < -0.39 is 0 Å². The smallest absolute Gasteiger partial charge is 0.161 e. The molecule has 20 heavy (non-hydrogen) atoms. The van der Waals surface area contributed by atoms with Crippen LogP contribution in [0.2, 0.25) is 0 Å². The molecule has 2 unspecified atom stereocenters. The van der Waals surface area contributed by atoms with Crippen LogP contribution in [-0.2, 0) is 0 Å². The normalized spacial score (nSPS) is 25.1. The predicted molar refractivity (Wildman–Crippen MR) is 77.9 cm³/mol. The van der Waals surface area contributed by atoms with Gasteiger partial charge >= 0.3 is 0 Å². The lowest BCUT2D eigenvalue weighted by Gasteiger charge is -2.28. The lowest BCUT2D eigenvalue weighted by Crippen LogP contribution is -2.45. The van der Waals surface area contributed by atoms with Crippen LogP contribution in [0.4, 0.5) is 0 Å². The number of benzene rings is 1. The molecular weight excluding hydrogens is 252 g/mol. The van der Waals surface area contributed by atoms with Crippen LogP contribution in [-0.4, -0.2) is 26.3 Å². The SMILES string of the molecule is CNC1(C#N)CCCC1CCOc1ccccc1OC. The Morgan fingerprint density at radius 3 is 2.80 bits per heavy atom. The fourth-order valence-electron chi connectivity index (χ4n) is 3.05. The second kappa shape index (κ2) is 6.62. The van der Waals surface area contributed by atoms with Gasteiger partial charge < -0.3 is 14.8 Å². The number of hydrogen-bond donors (Lipinski definition) is 1. The maximum absolute atomic E-state index is 9.41. The molecule has 1 aromatic rings. The lowest BCUT2D eigenvalue weighted by molar-refractivity contribution is 0.232. The van der Waals surface area contributed by atoms with Crippen molar-refractivity contribution in [3.8, 4) is 17.6 Å². The third-order valence-electron chi connectivity index (χ3n) is 4.26. The number of methoxy groups -OCH3 is 1. The van der Waals surface area contributed by atoms with Crippen LogP contribution in [0, 0.1) is 17.2 Å². The molecule has 1 N–H and O–H groups in total. The Labute approximate surface area is 120 Å². The molecule has 2 atom stereocenters. The van der Waals surface area contributed by atoms with Crippen LogP contribution in [0.25, 0.3) is 0 Å². The van der Waals surface area contributed by atoms with Crippen LogP contribution in [0.1, 0.15) is 25.7 Å². The van der Waals surface area contributed by atoms with Gasteiger partial charge in [0.15, 0.2) is 11.5 Å². The van der Waals surface area contributed by atoms with Gasteiger partial charge in [-0.1, -0.05) is 18.6 Å². The fourth-order valence-corrected chi connectivity index (χ4v) is 3.05.